The summed E-state index contributed by atoms with van der Waals surface area (Å²) in [6.07, 6.45) is 2.86. The van der Waals surface area contributed by atoms with Crippen molar-refractivity contribution in [2.45, 2.75) is 63.0 Å². The zero-order valence-corrected chi connectivity index (χ0v) is 18.6. The molecule has 1 unspecified atom stereocenters. The van der Waals surface area contributed by atoms with Crippen LogP contribution < -0.4 is 15.8 Å². The molecule has 0 saturated carbocycles. The molecule has 30 heavy (non-hydrogen) atoms. The van der Waals surface area contributed by atoms with Crippen LogP contribution in [-0.2, 0) is 19.6 Å². The van der Waals surface area contributed by atoms with E-state index in [1.807, 2.05) is 20.8 Å². The Morgan fingerprint density at radius 3 is 2.67 bits per heavy atom. The quantitative estimate of drug-likeness (QED) is 0.595. The van der Waals surface area contributed by atoms with E-state index in [9.17, 15) is 18.0 Å². The minimum Gasteiger partial charge on any atom is -0.444 e. The molecule has 10 heteroatoms. The Balaban J connectivity index is 1.85. The minimum atomic E-state index is -3.83. The molecule has 0 radical (unpaired) electrons. The largest absolute Gasteiger partial charge is 0.444 e. The summed E-state index contributed by atoms with van der Waals surface area (Å²) in [5.41, 5.74) is -0.164. The summed E-state index contributed by atoms with van der Waals surface area (Å²) < 4.78 is 28.2. The van der Waals surface area contributed by atoms with E-state index in [1.54, 1.807) is 6.07 Å². The van der Waals surface area contributed by atoms with Crippen LogP contribution in [0.4, 0.5) is 10.5 Å². The molecule has 1 aromatic carbocycles. The van der Waals surface area contributed by atoms with Gasteiger partial charge in [0.05, 0.1) is 4.90 Å². The number of amides is 2. The van der Waals surface area contributed by atoms with Gasteiger partial charge in [-0.1, -0.05) is 12.5 Å². The lowest BCUT2D eigenvalue weighted by molar-refractivity contribution is -0.116. The summed E-state index contributed by atoms with van der Waals surface area (Å²) >= 11 is 0. The highest BCUT2D eigenvalue weighted by molar-refractivity contribution is 7.89. The van der Waals surface area contributed by atoms with E-state index in [1.165, 1.54) is 18.2 Å². The fraction of sp³-hybridized carbons (Fsp3) is 0.600. The average molecular weight is 441 g/mol. The van der Waals surface area contributed by atoms with E-state index in [-0.39, 0.29) is 23.3 Å². The molecule has 1 atom stereocenters. The van der Waals surface area contributed by atoms with Crippen molar-refractivity contribution in [1.29, 1.82) is 0 Å². The zero-order valence-electron chi connectivity index (χ0n) is 17.8. The first-order valence-corrected chi connectivity index (χ1v) is 11.6. The van der Waals surface area contributed by atoms with E-state index in [4.69, 9.17) is 9.88 Å². The summed E-state index contributed by atoms with van der Waals surface area (Å²) in [7, 11) is -3.83. The van der Waals surface area contributed by atoms with E-state index in [0.29, 0.717) is 18.8 Å². The third-order valence-corrected chi connectivity index (χ3v) is 5.61. The maximum Gasteiger partial charge on any atom is 0.407 e. The molecule has 0 spiro atoms. The summed E-state index contributed by atoms with van der Waals surface area (Å²) in [5.74, 6) is -0.217. The Morgan fingerprint density at radius 1 is 1.27 bits per heavy atom. The van der Waals surface area contributed by atoms with Gasteiger partial charge in [0.1, 0.15) is 5.60 Å². The lowest BCUT2D eigenvalue weighted by atomic mass is 10.0. The number of carbonyl (C=O) groups excluding carboxylic acids is 2. The molecule has 0 bridgehead atoms. The maximum atomic E-state index is 12.3. The number of ether oxygens (including phenoxy) is 1. The number of benzene rings is 1. The molecule has 2 rings (SSSR count). The molecule has 168 valence electrons. The number of sulfonamides is 1. The lowest BCUT2D eigenvalue weighted by Crippen LogP contribution is -2.48. The molecule has 1 heterocycles. The number of likely N-dealkylation sites (tertiary alicyclic amines) is 1. The maximum absolute atomic E-state index is 12.3. The van der Waals surface area contributed by atoms with Gasteiger partial charge in [-0.25, -0.2) is 18.4 Å². The predicted molar refractivity (Wildman–Crippen MR) is 115 cm³/mol. The van der Waals surface area contributed by atoms with Gasteiger partial charge in [-0.15, -0.1) is 0 Å². The molecule has 9 nitrogen and oxygen atoms in total. The van der Waals surface area contributed by atoms with E-state index in [2.05, 4.69) is 15.5 Å². The van der Waals surface area contributed by atoms with Crippen molar-refractivity contribution >= 4 is 27.7 Å². The molecule has 1 aromatic rings. The Labute approximate surface area is 178 Å². The Morgan fingerprint density at radius 2 is 2.00 bits per heavy atom. The van der Waals surface area contributed by atoms with Crippen molar-refractivity contribution in [3.05, 3.63) is 24.3 Å². The Hall–Kier alpha value is -2.17. The van der Waals surface area contributed by atoms with Gasteiger partial charge in [0.15, 0.2) is 0 Å². The normalized spacial score (nSPS) is 17.9. The number of anilines is 1. The first-order valence-electron chi connectivity index (χ1n) is 10.1. The number of carbonyl (C=O) groups is 2. The van der Waals surface area contributed by atoms with Crippen LogP contribution in [0.5, 0.6) is 0 Å². The molecule has 0 aromatic heterocycles. The predicted octanol–water partition coefficient (Wildman–Crippen LogP) is 2.04. The van der Waals surface area contributed by atoms with Crippen LogP contribution in [0.15, 0.2) is 29.2 Å². The number of alkyl carbamates (subject to hydrolysis) is 1. The van der Waals surface area contributed by atoms with Crippen molar-refractivity contribution in [2.24, 2.45) is 5.14 Å². The molecule has 1 aliphatic heterocycles. The fourth-order valence-corrected chi connectivity index (χ4v) is 3.88. The molecule has 1 fully saturated rings. The molecule has 1 aliphatic rings. The Bertz CT molecular complexity index is 851. The smallest absolute Gasteiger partial charge is 0.407 e. The monoisotopic (exact) mass is 440 g/mol. The topological polar surface area (TPSA) is 131 Å². The molecular weight excluding hydrogens is 408 g/mol. The molecule has 0 aliphatic carbocycles. The number of piperidine rings is 1. The SMILES string of the molecule is CC(C)(C)OC(=O)NCC1CCCCN1CCC(=O)Nc1cccc(S(N)(=O)=O)c1. The van der Waals surface area contributed by atoms with Crippen molar-refractivity contribution in [3.63, 3.8) is 0 Å². The van der Waals surface area contributed by atoms with Gasteiger partial charge in [-0.05, 0) is 58.4 Å². The van der Waals surface area contributed by atoms with Crippen molar-refractivity contribution in [3.8, 4) is 0 Å². The van der Waals surface area contributed by atoms with Gasteiger partial charge in [0.2, 0.25) is 15.9 Å². The van der Waals surface area contributed by atoms with Crippen LogP contribution in [0.25, 0.3) is 0 Å². The van der Waals surface area contributed by atoms with Gasteiger partial charge in [-0.2, -0.15) is 0 Å². The second-order valence-electron chi connectivity index (χ2n) is 8.44. The summed E-state index contributed by atoms with van der Waals surface area (Å²) in [6.45, 7) is 7.31. The van der Waals surface area contributed by atoms with Crippen LogP contribution >= 0.6 is 0 Å². The van der Waals surface area contributed by atoms with Crippen molar-refractivity contribution in [2.75, 3.05) is 25.0 Å². The molecular formula is C20H32N4O5S. The zero-order chi connectivity index (χ0) is 22.4. The number of hydrogen-bond donors (Lipinski definition) is 3. The highest BCUT2D eigenvalue weighted by Crippen LogP contribution is 2.18. The summed E-state index contributed by atoms with van der Waals surface area (Å²) in [5, 5.41) is 10.6. The number of hydrogen-bond acceptors (Lipinski definition) is 6. The van der Waals surface area contributed by atoms with Crippen LogP contribution in [0.2, 0.25) is 0 Å². The highest BCUT2D eigenvalue weighted by atomic mass is 32.2. The van der Waals surface area contributed by atoms with Crippen LogP contribution in [0, 0.1) is 0 Å². The summed E-state index contributed by atoms with van der Waals surface area (Å²) in [6, 6.07) is 5.99. The van der Waals surface area contributed by atoms with Gasteiger partial charge in [0.25, 0.3) is 0 Å². The number of nitrogens with two attached hydrogens (primary N) is 1. The fourth-order valence-electron chi connectivity index (χ4n) is 3.32. The van der Waals surface area contributed by atoms with Gasteiger partial charge < -0.3 is 15.4 Å². The second-order valence-corrected chi connectivity index (χ2v) is 10.0. The first kappa shape index (κ1) is 24.1. The highest BCUT2D eigenvalue weighted by Gasteiger charge is 2.24. The number of nitrogens with zero attached hydrogens (tertiary/aromatic N) is 1. The van der Waals surface area contributed by atoms with E-state index >= 15 is 0 Å². The number of primary sulfonamides is 1. The van der Waals surface area contributed by atoms with Crippen LogP contribution in [-0.4, -0.2) is 56.6 Å². The lowest BCUT2D eigenvalue weighted by Gasteiger charge is -2.35. The standard InChI is InChI=1S/C20H32N4O5S/c1-20(2,3)29-19(26)22-14-16-8-4-5-11-24(16)12-10-18(25)23-15-7-6-9-17(13-15)30(21,27)28/h6-7,9,13,16H,4-5,8,10-12,14H2,1-3H3,(H,22,26)(H,23,25)(H2,21,27,28). The number of rotatable bonds is 7. The second kappa shape index (κ2) is 10.2. The first-order chi connectivity index (χ1) is 13.9. The minimum absolute atomic E-state index is 0.0513. The third kappa shape index (κ3) is 8.29. The van der Waals surface area contributed by atoms with Crippen LogP contribution in [0.1, 0.15) is 46.5 Å². The average Bonchev–Trinajstić information content (AvgIpc) is 2.63. The van der Waals surface area contributed by atoms with Crippen molar-refractivity contribution in [1.82, 2.24) is 10.2 Å². The van der Waals surface area contributed by atoms with Gasteiger partial charge in [0, 0.05) is 31.2 Å². The number of nitrogens with one attached hydrogen (secondary N) is 2. The van der Waals surface area contributed by atoms with E-state index in [0.717, 1.165) is 25.8 Å². The molecule has 2 amide bonds. The van der Waals surface area contributed by atoms with E-state index < -0.39 is 21.7 Å². The Kier molecular flexibility index (Phi) is 8.22. The third-order valence-electron chi connectivity index (χ3n) is 4.70. The molecule has 4 N–H and O–H groups in total. The van der Waals surface area contributed by atoms with Gasteiger partial charge >= 0.3 is 6.09 Å². The molecule has 1 saturated heterocycles. The van der Waals surface area contributed by atoms with Gasteiger partial charge in [-0.3, -0.25) is 9.69 Å². The van der Waals surface area contributed by atoms with Crippen molar-refractivity contribution < 1.29 is 22.7 Å². The van der Waals surface area contributed by atoms with Crippen LogP contribution in [0.3, 0.4) is 0 Å². The summed E-state index contributed by atoms with van der Waals surface area (Å²) in [4.78, 5) is 26.4.